The lowest BCUT2D eigenvalue weighted by Crippen LogP contribution is -2.22. The Morgan fingerprint density at radius 1 is 1.38 bits per heavy atom. The van der Waals surface area contributed by atoms with E-state index in [0.717, 1.165) is 19.4 Å². The molecule has 5 heteroatoms. The van der Waals surface area contributed by atoms with Crippen LogP contribution in [0.4, 0.5) is 0 Å². The Morgan fingerprint density at radius 3 is 3.00 bits per heavy atom. The summed E-state index contributed by atoms with van der Waals surface area (Å²) < 4.78 is 25.3. The fraction of sp³-hybridized carbons (Fsp3) is 0.455. The summed E-state index contributed by atoms with van der Waals surface area (Å²) in [6, 6.07) is 9.50. The molecule has 2 atom stereocenters. The summed E-state index contributed by atoms with van der Waals surface area (Å²) in [6.07, 6.45) is 2.14. The van der Waals surface area contributed by atoms with E-state index < -0.39 is 7.75 Å². The van der Waals surface area contributed by atoms with Crippen molar-refractivity contribution >= 4 is 7.75 Å². The minimum absolute atomic E-state index is 0.287. The van der Waals surface area contributed by atoms with E-state index in [4.69, 9.17) is 9.05 Å². The van der Waals surface area contributed by atoms with E-state index >= 15 is 0 Å². The highest BCUT2D eigenvalue weighted by atomic mass is 31.2. The Morgan fingerprint density at radius 2 is 2.19 bits per heavy atom. The molecule has 1 unspecified atom stereocenters. The number of fused-ring (bicyclic) bond motifs is 1. The van der Waals surface area contributed by atoms with E-state index in [1.807, 2.05) is 22.9 Å². The van der Waals surface area contributed by atoms with Gasteiger partial charge in [0.05, 0.1) is 6.61 Å². The lowest BCUT2D eigenvalue weighted by atomic mass is 10.2. The zero-order valence-electron chi connectivity index (χ0n) is 8.91. The Balaban J connectivity index is 1.82. The van der Waals surface area contributed by atoms with Crippen LogP contribution >= 0.6 is 7.75 Å². The Labute approximate surface area is 94.8 Å². The van der Waals surface area contributed by atoms with Crippen molar-refractivity contribution in [1.29, 1.82) is 0 Å². The number of para-hydroxylation sites is 1. The van der Waals surface area contributed by atoms with Crippen LogP contribution in [0.3, 0.4) is 0 Å². The average molecular weight is 239 g/mol. The zero-order valence-corrected chi connectivity index (χ0v) is 9.81. The predicted molar refractivity (Wildman–Crippen MR) is 60.4 cm³/mol. The lowest BCUT2D eigenvalue weighted by Gasteiger charge is -2.20. The molecule has 0 aromatic heterocycles. The maximum Gasteiger partial charge on any atom is 0.461 e. The molecule has 0 amide bonds. The molecule has 2 aliphatic rings. The van der Waals surface area contributed by atoms with Crippen LogP contribution < -0.4 is 4.52 Å². The van der Waals surface area contributed by atoms with Crippen LogP contribution in [0.15, 0.2) is 30.3 Å². The Kier molecular flexibility index (Phi) is 2.51. The van der Waals surface area contributed by atoms with Gasteiger partial charge in [0.15, 0.2) is 0 Å². The van der Waals surface area contributed by atoms with Gasteiger partial charge in [-0.3, -0.25) is 4.52 Å². The fourth-order valence-corrected chi connectivity index (χ4v) is 4.28. The Bertz CT molecular complexity index is 422. The summed E-state index contributed by atoms with van der Waals surface area (Å²) in [4.78, 5) is 0. The minimum Gasteiger partial charge on any atom is -0.413 e. The van der Waals surface area contributed by atoms with Gasteiger partial charge in [0.25, 0.3) is 0 Å². The van der Waals surface area contributed by atoms with E-state index in [1.54, 1.807) is 12.1 Å². The number of hydrogen-bond donors (Lipinski definition) is 0. The molecule has 2 fully saturated rings. The van der Waals surface area contributed by atoms with Gasteiger partial charge in [0.1, 0.15) is 5.75 Å². The third-order valence-electron chi connectivity index (χ3n) is 3.05. The summed E-state index contributed by atoms with van der Waals surface area (Å²) in [5.74, 6) is 0.610. The summed E-state index contributed by atoms with van der Waals surface area (Å²) >= 11 is 0. The largest absolute Gasteiger partial charge is 0.461 e. The molecule has 0 radical (unpaired) electrons. The van der Waals surface area contributed by atoms with Crippen LogP contribution in [0, 0.1) is 0 Å². The molecule has 86 valence electrons. The highest BCUT2D eigenvalue weighted by Gasteiger charge is 2.49. The van der Waals surface area contributed by atoms with Crippen molar-refractivity contribution in [1.82, 2.24) is 4.67 Å². The van der Waals surface area contributed by atoms with Gasteiger partial charge in [0.2, 0.25) is 0 Å². The van der Waals surface area contributed by atoms with Crippen molar-refractivity contribution in [3.63, 3.8) is 0 Å². The normalized spacial score (nSPS) is 33.9. The Hall–Kier alpha value is -0.830. The van der Waals surface area contributed by atoms with E-state index in [-0.39, 0.29) is 6.04 Å². The van der Waals surface area contributed by atoms with E-state index in [9.17, 15) is 4.57 Å². The zero-order chi connectivity index (χ0) is 11.0. The first kappa shape index (κ1) is 10.3. The standard InChI is InChI=1S/C11H14NO3P/c13-16(15-11-6-2-1-3-7-11)12-8-4-5-10(12)9-14-16/h1-3,6-7,10H,4-5,8-9H2/t10-,16?/m0/s1. The first-order chi connectivity index (χ1) is 7.78. The van der Waals surface area contributed by atoms with Crippen LogP contribution in [0.25, 0.3) is 0 Å². The maximum atomic E-state index is 12.5. The second-order valence-corrected chi connectivity index (χ2v) is 6.02. The van der Waals surface area contributed by atoms with Crippen LogP contribution in [0.1, 0.15) is 12.8 Å². The molecule has 2 heterocycles. The highest BCUT2D eigenvalue weighted by molar-refractivity contribution is 7.52. The van der Waals surface area contributed by atoms with Gasteiger partial charge < -0.3 is 4.52 Å². The van der Waals surface area contributed by atoms with Crippen LogP contribution in [-0.2, 0) is 9.09 Å². The van der Waals surface area contributed by atoms with Crippen molar-refractivity contribution in [2.24, 2.45) is 0 Å². The molecule has 16 heavy (non-hydrogen) atoms. The molecule has 4 nitrogen and oxygen atoms in total. The molecule has 0 spiro atoms. The first-order valence-electron chi connectivity index (χ1n) is 5.54. The van der Waals surface area contributed by atoms with Crippen LogP contribution in [-0.4, -0.2) is 23.9 Å². The number of rotatable bonds is 2. The van der Waals surface area contributed by atoms with Crippen molar-refractivity contribution in [2.45, 2.75) is 18.9 Å². The maximum absolute atomic E-state index is 12.5. The monoisotopic (exact) mass is 239 g/mol. The average Bonchev–Trinajstić information content (AvgIpc) is 2.86. The number of benzene rings is 1. The molecule has 2 saturated heterocycles. The van der Waals surface area contributed by atoms with E-state index in [1.165, 1.54) is 0 Å². The molecule has 0 saturated carbocycles. The molecular weight excluding hydrogens is 225 g/mol. The van der Waals surface area contributed by atoms with Crippen molar-refractivity contribution in [2.75, 3.05) is 13.2 Å². The molecule has 3 rings (SSSR count). The first-order valence-corrected chi connectivity index (χ1v) is 7.04. The van der Waals surface area contributed by atoms with Crippen molar-refractivity contribution in [3.05, 3.63) is 30.3 Å². The van der Waals surface area contributed by atoms with E-state index in [2.05, 4.69) is 0 Å². The number of hydrogen-bond acceptors (Lipinski definition) is 3. The summed E-state index contributed by atoms with van der Waals surface area (Å²) in [7, 11) is -3.06. The molecule has 0 N–H and O–H groups in total. The van der Waals surface area contributed by atoms with Gasteiger partial charge in [-0.2, -0.15) is 4.67 Å². The van der Waals surface area contributed by atoms with Gasteiger partial charge in [-0.15, -0.1) is 0 Å². The highest BCUT2D eigenvalue weighted by Crippen LogP contribution is 2.59. The van der Waals surface area contributed by atoms with Gasteiger partial charge in [-0.1, -0.05) is 18.2 Å². The molecular formula is C11H14NO3P. The lowest BCUT2D eigenvalue weighted by molar-refractivity contribution is 0.288. The minimum atomic E-state index is -3.06. The number of nitrogens with zero attached hydrogens (tertiary/aromatic N) is 1. The second-order valence-electron chi connectivity index (χ2n) is 4.13. The summed E-state index contributed by atoms with van der Waals surface area (Å²) in [5, 5.41) is 0. The quantitative estimate of drug-likeness (QED) is 0.744. The topological polar surface area (TPSA) is 38.8 Å². The fourth-order valence-electron chi connectivity index (χ4n) is 2.26. The van der Waals surface area contributed by atoms with Crippen LogP contribution in [0.2, 0.25) is 0 Å². The van der Waals surface area contributed by atoms with Crippen molar-refractivity contribution in [3.8, 4) is 5.75 Å². The van der Waals surface area contributed by atoms with Gasteiger partial charge in [-0.25, -0.2) is 4.57 Å². The van der Waals surface area contributed by atoms with Gasteiger partial charge in [0, 0.05) is 12.6 Å². The summed E-state index contributed by atoms with van der Waals surface area (Å²) in [6.45, 7) is 1.35. The van der Waals surface area contributed by atoms with Gasteiger partial charge >= 0.3 is 7.75 Å². The van der Waals surface area contributed by atoms with Gasteiger partial charge in [-0.05, 0) is 25.0 Å². The molecule has 0 aliphatic carbocycles. The third-order valence-corrected chi connectivity index (χ3v) is 5.13. The molecule has 0 bridgehead atoms. The third kappa shape index (κ3) is 1.67. The molecule has 1 aromatic carbocycles. The van der Waals surface area contributed by atoms with Crippen LogP contribution in [0.5, 0.6) is 5.75 Å². The second kappa shape index (κ2) is 3.88. The molecule has 2 aliphatic heterocycles. The van der Waals surface area contributed by atoms with E-state index in [0.29, 0.717) is 12.4 Å². The van der Waals surface area contributed by atoms with Crippen molar-refractivity contribution < 1.29 is 13.6 Å². The SMILES string of the molecule is O=P1(Oc2ccccc2)OC[C@@H]2CCCN21. The smallest absolute Gasteiger partial charge is 0.413 e. The molecule has 1 aromatic rings. The summed E-state index contributed by atoms with van der Waals surface area (Å²) in [5.41, 5.74) is 0. The predicted octanol–water partition coefficient (Wildman–Crippen LogP) is 2.67.